The molecule has 3 rings (SSSR count). The third kappa shape index (κ3) is 4.02. The summed E-state index contributed by atoms with van der Waals surface area (Å²) in [6.07, 6.45) is 1.62. The average Bonchev–Trinajstić information content (AvgIpc) is 3.16. The molecule has 1 saturated heterocycles. The molecule has 0 bridgehead atoms. The van der Waals surface area contributed by atoms with Gasteiger partial charge in [-0.05, 0) is 24.3 Å². The first-order valence-corrected chi connectivity index (χ1v) is 9.17. The van der Waals surface area contributed by atoms with Gasteiger partial charge < -0.3 is 9.15 Å². The van der Waals surface area contributed by atoms with Gasteiger partial charge in [0.25, 0.3) is 5.91 Å². The number of benzene rings is 1. The van der Waals surface area contributed by atoms with Crippen molar-refractivity contribution < 1.29 is 18.7 Å². The third-order valence-electron chi connectivity index (χ3n) is 3.42. The summed E-state index contributed by atoms with van der Waals surface area (Å²) in [4.78, 5) is 25.4. The monoisotopic (exact) mass is 437 g/mol. The highest BCUT2D eigenvalue weighted by Gasteiger charge is 2.33. The fourth-order valence-corrected chi connectivity index (χ4v) is 3.66. The van der Waals surface area contributed by atoms with Crippen LogP contribution >= 0.6 is 39.9 Å². The van der Waals surface area contributed by atoms with Gasteiger partial charge in [-0.1, -0.05) is 52.0 Å². The van der Waals surface area contributed by atoms with E-state index in [1.54, 1.807) is 12.1 Å². The zero-order valence-electron chi connectivity index (χ0n) is 13.0. The van der Waals surface area contributed by atoms with E-state index < -0.39 is 5.97 Å². The molecular formula is C17H12BrNO4S2. The van der Waals surface area contributed by atoms with E-state index >= 15 is 0 Å². The average molecular weight is 438 g/mol. The van der Waals surface area contributed by atoms with Gasteiger partial charge in [-0.15, -0.1) is 0 Å². The number of carbonyl (C=O) groups is 2. The Morgan fingerprint density at radius 3 is 2.72 bits per heavy atom. The molecule has 0 N–H and O–H groups in total. The molecule has 2 aromatic rings. The number of hydrogen-bond acceptors (Lipinski definition) is 6. The van der Waals surface area contributed by atoms with Gasteiger partial charge in [0.05, 0.1) is 12.0 Å². The summed E-state index contributed by atoms with van der Waals surface area (Å²) in [6.45, 7) is -0.194. The fraction of sp³-hybridized carbons (Fsp3) is 0.118. The Morgan fingerprint density at radius 2 is 2.04 bits per heavy atom. The molecule has 0 radical (unpaired) electrons. The predicted molar refractivity (Wildman–Crippen MR) is 104 cm³/mol. The molecule has 1 aliphatic heterocycles. The Morgan fingerprint density at radius 1 is 1.32 bits per heavy atom. The van der Waals surface area contributed by atoms with E-state index in [0.717, 1.165) is 21.8 Å². The van der Waals surface area contributed by atoms with Gasteiger partial charge in [0, 0.05) is 16.1 Å². The molecule has 1 amide bonds. The summed E-state index contributed by atoms with van der Waals surface area (Å²) in [5.74, 6) is 0.385. The normalized spacial score (nSPS) is 15.9. The van der Waals surface area contributed by atoms with Crippen LogP contribution in [-0.4, -0.2) is 34.8 Å². The number of carbonyl (C=O) groups excluding carboxylic acids is 2. The van der Waals surface area contributed by atoms with Crippen LogP contribution in [0.25, 0.3) is 17.4 Å². The molecule has 0 aliphatic carbocycles. The zero-order valence-corrected chi connectivity index (χ0v) is 16.2. The highest BCUT2D eigenvalue weighted by molar-refractivity contribution is 9.10. The van der Waals surface area contributed by atoms with Crippen molar-refractivity contribution in [2.75, 3.05) is 13.7 Å². The number of hydrogen-bond donors (Lipinski definition) is 0. The van der Waals surface area contributed by atoms with Crippen molar-refractivity contribution in [3.8, 4) is 11.3 Å². The number of ether oxygens (including phenoxy) is 1. The lowest BCUT2D eigenvalue weighted by atomic mass is 10.2. The number of nitrogens with zero attached hydrogens (tertiary/aromatic N) is 1. The molecule has 1 aromatic heterocycles. The standard InChI is InChI=1S/C17H12BrNO4S2/c1-22-15(20)9-19-16(21)14(25-17(19)24)8-12-6-7-13(23-12)10-2-4-11(18)5-3-10/h2-8H,9H2,1H3/b14-8-. The number of halogens is 1. The summed E-state index contributed by atoms with van der Waals surface area (Å²) in [5, 5.41) is 0. The van der Waals surface area contributed by atoms with Crippen LogP contribution in [0.3, 0.4) is 0 Å². The minimum Gasteiger partial charge on any atom is -0.468 e. The summed E-state index contributed by atoms with van der Waals surface area (Å²) in [6, 6.07) is 11.3. The molecule has 0 unspecified atom stereocenters. The Kier molecular flexibility index (Phi) is 5.41. The van der Waals surface area contributed by atoms with E-state index in [1.165, 1.54) is 12.0 Å². The van der Waals surface area contributed by atoms with Crippen LogP contribution in [0.1, 0.15) is 5.76 Å². The highest BCUT2D eigenvalue weighted by Crippen LogP contribution is 2.33. The van der Waals surface area contributed by atoms with E-state index in [4.69, 9.17) is 16.6 Å². The molecule has 128 valence electrons. The quantitative estimate of drug-likeness (QED) is 0.407. The van der Waals surface area contributed by atoms with Crippen LogP contribution in [0.2, 0.25) is 0 Å². The number of thiocarbonyl (C=S) groups is 1. The largest absolute Gasteiger partial charge is 0.468 e. The van der Waals surface area contributed by atoms with Crippen molar-refractivity contribution >= 4 is 62.2 Å². The number of rotatable bonds is 4. The fourth-order valence-electron chi connectivity index (χ4n) is 2.16. The van der Waals surface area contributed by atoms with Crippen LogP contribution in [-0.2, 0) is 14.3 Å². The highest BCUT2D eigenvalue weighted by atomic mass is 79.9. The molecule has 1 aliphatic rings. The topological polar surface area (TPSA) is 59.8 Å². The lowest BCUT2D eigenvalue weighted by Gasteiger charge is -2.11. The van der Waals surface area contributed by atoms with E-state index in [1.807, 2.05) is 30.3 Å². The number of furan rings is 1. The molecule has 1 fully saturated rings. The lowest BCUT2D eigenvalue weighted by Crippen LogP contribution is -2.33. The molecule has 0 saturated carbocycles. The molecule has 0 spiro atoms. The van der Waals surface area contributed by atoms with Gasteiger partial charge in [-0.3, -0.25) is 14.5 Å². The van der Waals surface area contributed by atoms with Gasteiger partial charge in [0.1, 0.15) is 22.4 Å². The van der Waals surface area contributed by atoms with Crippen LogP contribution in [0.5, 0.6) is 0 Å². The van der Waals surface area contributed by atoms with E-state index in [0.29, 0.717) is 20.7 Å². The van der Waals surface area contributed by atoms with Crippen molar-refractivity contribution in [2.24, 2.45) is 0 Å². The van der Waals surface area contributed by atoms with E-state index in [-0.39, 0.29) is 12.5 Å². The summed E-state index contributed by atoms with van der Waals surface area (Å²) < 4.78 is 11.7. The first-order valence-electron chi connectivity index (χ1n) is 7.16. The van der Waals surface area contributed by atoms with Crippen LogP contribution in [0.4, 0.5) is 0 Å². The van der Waals surface area contributed by atoms with Gasteiger partial charge in [0.2, 0.25) is 0 Å². The Hall–Kier alpha value is -1.90. The van der Waals surface area contributed by atoms with Gasteiger partial charge in [-0.25, -0.2) is 0 Å². The van der Waals surface area contributed by atoms with Gasteiger partial charge in [-0.2, -0.15) is 0 Å². The Bertz CT molecular complexity index is 873. The second-order valence-electron chi connectivity index (χ2n) is 5.05. The molecule has 5 nitrogen and oxygen atoms in total. The van der Waals surface area contributed by atoms with E-state index in [9.17, 15) is 9.59 Å². The number of esters is 1. The second kappa shape index (κ2) is 7.55. The van der Waals surface area contributed by atoms with Crippen molar-refractivity contribution in [1.82, 2.24) is 4.90 Å². The van der Waals surface area contributed by atoms with Crippen molar-refractivity contribution in [3.63, 3.8) is 0 Å². The maximum Gasteiger partial charge on any atom is 0.325 e. The first kappa shape index (κ1) is 17.9. The Balaban J connectivity index is 1.79. The van der Waals surface area contributed by atoms with Gasteiger partial charge in [0.15, 0.2) is 0 Å². The van der Waals surface area contributed by atoms with Gasteiger partial charge >= 0.3 is 5.97 Å². The minimum absolute atomic E-state index is 0.194. The molecule has 25 heavy (non-hydrogen) atoms. The van der Waals surface area contributed by atoms with Crippen molar-refractivity contribution in [3.05, 3.63) is 51.5 Å². The smallest absolute Gasteiger partial charge is 0.325 e. The Labute approximate surface area is 162 Å². The summed E-state index contributed by atoms with van der Waals surface area (Å²) >= 11 is 9.68. The summed E-state index contributed by atoms with van der Waals surface area (Å²) in [5.41, 5.74) is 0.932. The number of amides is 1. The number of methoxy groups -OCH3 is 1. The molecule has 2 heterocycles. The maximum atomic E-state index is 12.4. The molecule has 1 aromatic carbocycles. The molecular weight excluding hydrogens is 426 g/mol. The minimum atomic E-state index is -0.520. The lowest BCUT2D eigenvalue weighted by molar-refractivity contribution is -0.143. The summed E-state index contributed by atoms with van der Waals surface area (Å²) in [7, 11) is 1.27. The first-order chi connectivity index (χ1) is 12.0. The zero-order chi connectivity index (χ0) is 18.0. The predicted octanol–water partition coefficient (Wildman–Crippen LogP) is 4.08. The van der Waals surface area contributed by atoms with Crippen LogP contribution in [0.15, 0.2) is 50.2 Å². The number of thioether (sulfide) groups is 1. The maximum absolute atomic E-state index is 12.4. The SMILES string of the molecule is COC(=O)CN1C(=O)/C(=C/c2ccc(-c3ccc(Br)cc3)o2)SC1=S. The van der Waals surface area contributed by atoms with Crippen molar-refractivity contribution in [1.29, 1.82) is 0 Å². The van der Waals surface area contributed by atoms with Crippen molar-refractivity contribution in [2.45, 2.75) is 0 Å². The third-order valence-corrected chi connectivity index (χ3v) is 5.32. The van der Waals surface area contributed by atoms with Crippen LogP contribution in [0, 0.1) is 0 Å². The molecule has 0 atom stereocenters. The second-order valence-corrected chi connectivity index (χ2v) is 7.64. The molecule has 8 heteroatoms. The van der Waals surface area contributed by atoms with E-state index in [2.05, 4.69) is 20.7 Å². The van der Waals surface area contributed by atoms with Crippen LogP contribution < -0.4 is 0 Å².